The average molecular weight is 386 g/mol. The van der Waals surface area contributed by atoms with E-state index in [1.807, 2.05) is 36.0 Å². The van der Waals surface area contributed by atoms with Crippen LogP contribution in [0.5, 0.6) is 5.75 Å². The highest BCUT2D eigenvalue weighted by atomic mass is 79.9. The van der Waals surface area contributed by atoms with Gasteiger partial charge in [-0.15, -0.1) is 0 Å². The Kier molecular flexibility index (Phi) is 7.12. The second-order valence-electron chi connectivity index (χ2n) is 4.28. The van der Waals surface area contributed by atoms with E-state index in [4.69, 9.17) is 4.74 Å². The molecule has 0 spiro atoms. The summed E-state index contributed by atoms with van der Waals surface area (Å²) in [4.78, 5) is 11.6. The topological polar surface area (TPSA) is 38.3 Å². The third-order valence-electron chi connectivity index (χ3n) is 2.58. The van der Waals surface area contributed by atoms with Crippen LogP contribution in [0.2, 0.25) is 0 Å². The van der Waals surface area contributed by atoms with Crippen LogP contribution in [0, 0.1) is 0 Å². The van der Waals surface area contributed by atoms with E-state index < -0.39 is 0 Å². The number of hydrogen-bond acceptors (Lipinski definition) is 4. The average Bonchev–Trinajstić information content (AvgIpc) is 2.98. The van der Waals surface area contributed by atoms with Crippen LogP contribution in [-0.4, -0.2) is 24.8 Å². The molecule has 0 aliphatic rings. The molecule has 21 heavy (non-hydrogen) atoms. The highest BCUT2D eigenvalue weighted by molar-refractivity contribution is 9.10. The first-order valence-electron chi connectivity index (χ1n) is 6.48. The lowest BCUT2D eigenvalue weighted by molar-refractivity contribution is -0.122. The molecule has 1 heterocycles. The minimum Gasteiger partial charge on any atom is -0.484 e. The van der Waals surface area contributed by atoms with Gasteiger partial charge in [-0.25, -0.2) is 0 Å². The summed E-state index contributed by atoms with van der Waals surface area (Å²) in [5.41, 5.74) is 1.34. The number of thiophene rings is 1. The fourth-order valence-electron chi connectivity index (χ4n) is 1.58. The smallest absolute Gasteiger partial charge is 0.257 e. The molecule has 3 nitrogen and oxygen atoms in total. The summed E-state index contributed by atoms with van der Waals surface area (Å²) in [6.07, 6.45) is 0. The Hall–Kier alpha value is -0.980. The van der Waals surface area contributed by atoms with Crippen molar-refractivity contribution in [2.75, 3.05) is 18.9 Å². The lowest BCUT2D eigenvalue weighted by atomic mass is 10.3. The number of halogens is 1. The number of carbonyl (C=O) groups is 1. The predicted octanol–water partition coefficient (Wildman–Crippen LogP) is 3.94. The molecule has 0 atom stereocenters. The van der Waals surface area contributed by atoms with E-state index in [1.165, 1.54) is 5.56 Å². The Morgan fingerprint density at radius 3 is 3.05 bits per heavy atom. The van der Waals surface area contributed by atoms with Gasteiger partial charge in [-0.2, -0.15) is 23.1 Å². The number of rotatable bonds is 8. The van der Waals surface area contributed by atoms with Crippen LogP contribution in [0.25, 0.3) is 0 Å². The second-order valence-corrected chi connectivity index (χ2v) is 7.08. The van der Waals surface area contributed by atoms with Gasteiger partial charge in [0.05, 0.1) is 0 Å². The summed E-state index contributed by atoms with van der Waals surface area (Å²) in [6.45, 7) is 0.709. The van der Waals surface area contributed by atoms with Crippen LogP contribution in [0.4, 0.5) is 0 Å². The van der Waals surface area contributed by atoms with Crippen molar-refractivity contribution in [1.82, 2.24) is 5.32 Å². The first-order chi connectivity index (χ1) is 10.2. The number of benzene rings is 1. The molecule has 0 unspecified atom stereocenters. The summed E-state index contributed by atoms with van der Waals surface area (Å²) in [5, 5.41) is 7.08. The van der Waals surface area contributed by atoms with Crippen molar-refractivity contribution in [3.63, 3.8) is 0 Å². The Morgan fingerprint density at radius 2 is 2.29 bits per heavy atom. The lowest BCUT2D eigenvalue weighted by Gasteiger charge is -2.07. The second kappa shape index (κ2) is 9.12. The molecular formula is C15H16BrNO2S2. The number of hydrogen-bond donors (Lipinski definition) is 1. The van der Waals surface area contributed by atoms with Crippen molar-refractivity contribution in [3.05, 3.63) is 51.1 Å². The SMILES string of the molecule is O=C(COc1cccc(Br)c1)NCCSCc1ccsc1. The van der Waals surface area contributed by atoms with Crippen LogP contribution >= 0.6 is 39.0 Å². The molecule has 0 saturated carbocycles. The van der Waals surface area contributed by atoms with E-state index in [9.17, 15) is 4.79 Å². The van der Waals surface area contributed by atoms with Gasteiger partial charge in [0, 0.05) is 22.5 Å². The van der Waals surface area contributed by atoms with Crippen molar-refractivity contribution in [1.29, 1.82) is 0 Å². The fraction of sp³-hybridized carbons (Fsp3) is 0.267. The van der Waals surface area contributed by atoms with Crippen LogP contribution in [0.1, 0.15) is 5.56 Å². The summed E-state index contributed by atoms with van der Waals surface area (Å²) >= 11 is 6.89. The van der Waals surface area contributed by atoms with Crippen molar-refractivity contribution in [2.24, 2.45) is 0 Å². The molecule has 112 valence electrons. The third-order valence-corrected chi connectivity index (χ3v) is 4.84. The van der Waals surface area contributed by atoms with Crippen molar-refractivity contribution in [3.8, 4) is 5.75 Å². The van der Waals surface area contributed by atoms with Crippen LogP contribution < -0.4 is 10.1 Å². The van der Waals surface area contributed by atoms with E-state index in [1.54, 1.807) is 11.3 Å². The van der Waals surface area contributed by atoms with Gasteiger partial charge in [-0.3, -0.25) is 4.79 Å². The number of carbonyl (C=O) groups excluding carboxylic acids is 1. The molecule has 2 aromatic rings. The minimum atomic E-state index is -0.0916. The molecule has 0 aliphatic carbocycles. The minimum absolute atomic E-state index is 0.0473. The summed E-state index contributed by atoms with van der Waals surface area (Å²) < 4.78 is 6.35. The molecule has 0 saturated heterocycles. The van der Waals surface area contributed by atoms with E-state index >= 15 is 0 Å². The van der Waals surface area contributed by atoms with Gasteiger partial charge in [0.15, 0.2) is 6.61 Å². The summed E-state index contributed by atoms with van der Waals surface area (Å²) in [7, 11) is 0. The van der Waals surface area contributed by atoms with Gasteiger partial charge in [0.25, 0.3) is 5.91 Å². The number of amides is 1. The fourth-order valence-corrected chi connectivity index (χ4v) is 3.54. The summed E-state index contributed by atoms with van der Waals surface area (Å²) in [6, 6.07) is 9.58. The molecule has 2 rings (SSSR count). The Labute approximate surface area is 141 Å². The first kappa shape index (κ1) is 16.4. The van der Waals surface area contributed by atoms with Crippen LogP contribution in [0.15, 0.2) is 45.6 Å². The van der Waals surface area contributed by atoms with Crippen molar-refractivity contribution in [2.45, 2.75) is 5.75 Å². The van der Waals surface area contributed by atoms with Crippen LogP contribution in [-0.2, 0) is 10.5 Å². The molecular weight excluding hydrogens is 370 g/mol. The molecule has 1 aromatic heterocycles. The van der Waals surface area contributed by atoms with Gasteiger partial charge >= 0.3 is 0 Å². The highest BCUT2D eigenvalue weighted by Crippen LogP contribution is 2.17. The van der Waals surface area contributed by atoms with Gasteiger partial charge in [0.1, 0.15) is 5.75 Å². The standard InChI is InChI=1S/C15H16BrNO2S2/c16-13-2-1-3-14(8-13)19-9-15(18)17-5-7-21-11-12-4-6-20-10-12/h1-4,6,8,10H,5,7,9,11H2,(H,17,18). The molecule has 1 amide bonds. The number of ether oxygens (including phenoxy) is 1. The van der Waals surface area contributed by atoms with E-state index in [0.717, 1.165) is 16.0 Å². The zero-order valence-electron chi connectivity index (χ0n) is 11.4. The third kappa shape index (κ3) is 6.54. The molecule has 0 fully saturated rings. The van der Waals surface area contributed by atoms with E-state index in [2.05, 4.69) is 38.1 Å². The monoisotopic (exact) mass is 385 g/mol. The number of thioether (sulfide) groups is 1. The Morgan fingerprint density at radius 1 is 1.38 bits per heavy atom. The zero-order chi connectivity index (χ0) is 14.9. The molecule has 0 radical (unpaired) electrons. The number of nitrogens with one attached hydrogen (secondary N) is 1. The normalized spacial score (nSPS) is 10.3. The maximum atomic E-state index is 11.6. The van der Waals surface area contributed by atoms with Gasteiger partial charge in [-0.05, 0) is 40.6 Å². The highest BCUT2D eigenvalue weighted by Gasteiger charge is 2.02. The van der Waals surface area contributed by atoms with Crippen LogP contribution in [0.3, 0.4) is 0 Å². The molecule has 0 bridgehead atoms. The van der Waals surface area contributed by atoms with Crippen molar-refractivity contribution < 1.29 is 9.53 Å². The molecule has 0 aliphatic heterocycles. The van der Waals surface area contributed by atoms with E-state index in [-0.39, 0.29) is 12.5 Å². The van der Waals surface area contributed by atoms with Gasteiger partial charge < -0.3 is 10.1 Å². The van der Waals surface area contributed by atoms with Gasteiger partial charge in [-0.1, -0.05) is 22.0 Å². The van der Waals surface area contributed by atoms with Gasteiger partial charge in [0.2, 0.25) is 0 Å². The van der Waals surface area contributed by atoms with E-state index in [0.29, 0.717) is 12.3 Å². The predicted molar refractivity (Wildman–Crippen MR) is 93.1 cm³/mol. The lowest BCUT2D eigenvalue weighted by Crippen LogP contribution is -2.30. The molecule has 1 aromatic carbocycles. The Balaban J connectivity index is 1.55. The molecule has 6 heteroatoms. The quantitative estimate of drug-likeness (QED) is 0.699. The molecule has 1 N–H and O–H groups in total. The Bertz CT molecular complexity index is 561. The summed E-state index contributed by atoms with van der Waals surface area (Å²) in [5.74, 6) is 2.49. The maximum absolute atomic E-state index is 11.6. The largest absolute Gasteiger partial charge is 0.484 e. The zero-order valence-corrected chi connectivity index (χ0v) is 14.6. The van der Waals surface area contributed by atoms with Crippen molar-refractivity contribution >= 4 is 44.9 Å². The maximum Gasteiger partial charge on any atom is 0.257 e. The first-order valence-corrected chi connectivity index (χ1v) is 9.37.